The van der Waals surface area contributed by atoms with Crippen LogP contribution in [0.1, 0.15) is 24.2 Å². The molecule has 0 unspecified atom stereocenters. The third kappa shape index (κ3) is 3.77. The van der Waals surface area contributed by atoms with E-state index >= 15 is 0 Å². The predicted molar refractivity (Wildman–Crippen MR) is 97.2 cm³/mol. The second kappa shape index (κ2) is 7.60. The van der Waals surface area contributed by atoms with E-state index in [-0.39, 0.29) is 11.8 Å². The van der Waals surface area contributed by atoms with Crippen LogP contribution in [0.2, 0.25) is 0 Å². The van der Waals surface area contributed by atoms with Gasteiger partial charge in [0.05, 0.1) is 11.3 Å². The van der Waals surface area contributed by atoms with Crippen molar-refractivity contribution in [2.45, 2.75) is 13.8 Å². The summed E-state index contributed by atoms with van der Waals surface area (Å²) in [5.41, 5.74) is 7.22. The highest BCUT2D eigenvalue weighted by Gasteiger charge is 2.19. The lowest BCUT2D eigenvalue weighted by Crippen LogP contribution is -2.43. The van der Waals surface area contributed by atoms with Crippen molar-refractivity contribution in [2.24, 2.45) is 5.92 Å². The molecule has 0 saturated carbocycles. The molecule has 0 radical (unpaired) electrons. The van der Waals surface area contributed by atoms with Gasteiger partial charge in [0.15, 0.2) is 0 Å². The summed E-state index contributed by atoms with van der Waals surface area (Å²) in [7, 11) is 0. The van der Waals surface area contributed by atoms with E-state index in [9.17, 15) is 9.59 Å². The SMILES string of the molecule is CC(C)C(=O)NNC(=O)c1cn(-c2ccccc2)nc1-c1cccnc1. The number of carbonyl (C=O) groups is 2. The Morgan fingerprint density at radius 3 is 2.46 bits per heavy atom. The fourth-order valence-corrected chi connectivity index (χ4v) is 2.30. The fraction of sp³-hybridized carbons (Fsp3) is 0.158. The van der Waals surface area contributed by atoms with E-state index < -0.39 is 5.91 Å². The average Bonchev–Trinajstić information content (AvgIpc) is 3.12. The molecule has 0 fully saturated rings. The molecule has 0 spiro atoms. The first kappa shape index (κ1) is 17.3. The predicted octanol–water partition coefficient (Wildman–Crippen LogP) is 2.35. The summed E-state index contributed by atoms with van der Waals surface area (Å²) in [5.74, 6) is -0.947. The highest BCUT2D eigenvalue weighted by atomic mass is 16.2. The normalized spacial score (nSPS) is 10.6. The van der Waals surface area contributed by atoms with E-state index in [4.69, 9.17) is 0 Å². The fourth-order valence-electron chi connectivity index (χ4n) is 2.30. The number of hydrogen-bond acceptors (Lipinski definition) is 4. The lowest BCUT2D eigenvalue weighted by molar-refractivity contribution is -0.124. The van der Waals surface area contributed by atoms with Crippen molar-refractivity contribution in [2.75, 3.05) is 0 Å². The minimum atomic E-state index is -0.444. The van der Waals surface area contributed by atoms with Crippen molar-refractivity contribution < 1.29 is 9.59 Å². The van der Waals surface area contributed by atoms with Gasteiger partial charge in [-0.15, -0.1) is 0 Å². The van der Waals surface area contributed by atoms with Crippen molar-refractivity contribution in [1.82, 2.24) is 25.6 Å². The van der Waals surface area contributed by atoms with Gasteiger partial charge in [0, 0.05) is 30.1 Å². The second-order valence-electron chi connectivity index (χ2n) is 6.01. The van der Waals surface area contributed by atoms with Crippen LogP contribution in [0.15, 0.2) is 61.1 Å². The molecule has 0 atom stereocenters. The van der Waals surface area contributed by atoms with Crippen LogP contribution < -0.4 is 10.9 Å². The number of carbonyl (C=O) groups excluding carboxylic acids is 2. The molecule has 0 aliphatic heterocycles. The number of para-hydroxylation sites is 1. The summed E-state index contributed by atoms with van der Waals surface area (Å²) in [6.07, 6.45) is 4.93. The number of nitrogens with one attached hydrogen (secondary N) is 2. The largest absolute Gasteiger partial charge is 0.273 e. The minimum Gasteiger partial charge on any atom is -0.273 e. The van der Waals surface area contributed by atoms with Gasteiger partial charge in [0.2, 0.25) is 5.91 Å². The first-order valence-electron chi connectivity index (χ1n) is 8.22. The average molecular weight is 349 g/mol. The minimum absolute atomic E-state index is 0.236. The molecule has 3 aromatic rings. The lowest BCUT2D eigenvalue weighted by Gasteiger charge is -2.09. The van der Waals surface area contributed by atoms with Crippen LogP contribution in [0.25, 0.3) is 16.9 Å². The molecular formula is C19H19N5O2. The van der Waals surface area contributed by atoms with Crippen LogP contribution in [-0.4, -0.2) is 26.6 Å². The van der Waals surface area contributed by atoms with Gasteiger partial charge in [-0.3, -0.25) is 25.4 Å². The Kier molecular flexibility index (Phi) is 5.07. The molecule has 2 amide bonds. The Balaban J connectivity index is 1.96. The lowest BCUT2D eigenvalue weighted by atomic mass is 10.1. The van der Waals surface area contributed by atoms with Gasteiger partial charge in [0.1, 0.15) is 5.69 Å². The van der Waals surface area contributed by atoms with Crippen LogP contribution in [0.3, 0.4) is 0 Å². The number of hydrogen-bond donors (Lipinski definition) is 2. The summed E-state index contributed by atoms with van der Waals surface area (Å²) in [6.45, 7) is 3.49. The first-order chi connectivity index (χ1) is 12.6. The van der Waals surface area contributed by atoms with Gasteiger partial charge >= 0.3 is 0 Å². The molecule has 3 rings (SSSR count). The summed E-state index contributed by atoms with van der Waals surface area (Å²) in [5, 5.41) is 4.54. The second-order valence-corrected chi connectivity index (χ2v) is 6.01. The maximum Gasteiger partial charge on any atom is 0.273 e. The summed E-state index contributed by atoms with van der Waals surface area (Å²) < 4.78 is 1.63. The van der Waals surface area contributed by atoms with Gasteiger partial charge in [-0.05, 0) is 24.3 Å². The molecule has 0 bridgehead atoms. The van der Waals surface area contributed by atoms with Crippen molar-refractivity contribution in [3.63, 3.8) is 0 Å². The molecule has 2 heterocycles. The smallest absolute Gasteiger partial charge is 0.273 e. The number of benzene rings is 1. The quantitative estimate of drug-likeness (QED) is 0.708. The van der Waals surface area contributed by atoms with E-state index in [1.54, 1.807) is 43.2 Å². The number of amides is 2. The van der Waals surface area contributed by atoms with E-state index in [2.05, 4.69) is 20.9 Å². The Bertz CT molecular complexity index is 904. The van der Waals surface area contributed by atoms with E-state index in [0.717, 1.165) is 5.69 Å². The third-order valence-corrected chi connectivity index (χ3v) is 3.74. The van der Waals surface area contributed by atoms with Gasteiger partial charge in [-0.25, -0.2) is 4.68 Å². The highest BCUT2D eigenvalue weighted by molar-refractivity contribution is 6.00. The Morgan fingerprint density at radius 1 is 1.04 bits per heavy atom. The van der Waals surface area contributed by atoms with Crippen molar-refractivity contribution in [1.29, 1.82) is 0 Å². The highest BCUT2D eigenvalue weighted by Crippen LogP contribution is 2.22. The molecule has 7 heteroatoms. The molecule has 7 nitrogen and oxygen atoms in total. The standard InChI is InChI=1S/C19H19N5O2/c1-13(2)18(25)21-22-19(26)16-12-24(15-8-4-3-5-9-15)23-17(16)14-7-6-10-20-11-14/h3-13H,1-2H3,(H,21,25)(H,22,26). The van der Waals surface area contributed by atoms with E-state index in [0.29, 0.717) is 16.8 Å². The number of aromatic nitrogens is 3. The zero-order chi connectivity index (χ0) is 18.5. The van der Waals surface area contributed by atoms with Gasteiger partial charge in [0.25, 0.3) is 5.91 Å². The first-order valence-corrected chi connectivity index (χ1v) is 8.22. The van der Waals surface area contributed by atoms with Crippen LogP contribution in [0.4, 0.5) is 0 Å². The number of pyridine rings is 1. The molecule has 0 aliphatic carbocycles. The Morgan fingerprint density at radius 2 is 1.81 bits per heavy atom. The zero-order valence-corrected chi connectivity index (χ0v) is 14.5. The maximum atomic E-state index is 12.6. The number of rotatable bonds is 4. The van der Waals surface area contributed by atoms with Crippen molar-refractivity contribution >= 4 is 11.8 Å². The van der Waals surface area contributed by atoms with Crippen LogP contribution >= 0.6 is 0 Å². The maximum absolute atomic E-state index is 12.6. The van der Waals surface area contributed by atoms with E-state index in [1.165, 1.54) is 0 Å². The molecule has 132 valence electrons. The van der Waals surface area contributed by atoms with Crippen molar-refractivity contribution in [3.05, 3.63) is 66.6 Å². The molecule has 1 aromatic carbocycles. The van der Waals surface area contributed by atoms with Gasteiger partial charge < -0.3 is 0 Å². The monoisotopic (exact) mass is 349 g/mol. The van der Waals surface area contributed by atoms with Crippen LogP contribution in [0.5, 0.6) is 0 Å². The van der Waals surface area contributed by atoms with Crippen LogP contribution in [-0.2, 0) is 4.79 Å². The molecular weight excluding hydrogens is 330 g/mol. The summed E-state index contributed by atoms with van der Waals surface area (Å²) >= 11 is 0. The van der Waals surface area contributed by atoms with Gasteiger partial charge in [-0.2, -0.15) is 5.10 Å². The van der Waals surface area contributed by atoms with Crippen LogP contribution in [0, 0.1) is 5.92 Å². The Hall–Kier alpha value is -3.48. The van der Waals surface area contributed by atoms with E-state index in [1.807, 2.05) is 36.4 Å². The summed E-state index contributed by atoms with van der Waals surface area (Å²) in [4.78, 5) is 28.4. The Labute approximate surface area is 151 Å². The third-order valence-electron chi connectivity index (χ3n) is 3.74. The summed E-state index contributed by atoms with van der Waals surface area (Å²) in [6, 6.07) is 13.1. The number of hydrazine groups is 1. The molecule has 26 heavy (non-hydrogen) atoms. The topological polar surface area (TPSA) is 88.9 Å². The van der Waals surface area contributed by atoms with Gasteiger partial charge in [-0.1, -0.05) is 32.0 Å². The molecule has 0 aliphatic rings. The number of nitrogens with zero attached hydrogens (tertiary/aromatic N) is 3. The van der Waals surface area contributed by atoms with Crippen molar-refractivity contribution in [3.8, 4) is 16.9 Å². The zero-order valence-electron chi connectivity index (χ0n) is 14.5. The molecule has 2 N–H and O–H groups in total. The molecule has 0 saturated heterocycles. The molecule has 2 aromatic heterocycles.